The predicted octanol–water partition coefficient (Wildman–Crippen LogP) is 5.12. The van der Waals surface area contributed by atoms with Gasteiger partial charge in [0.05, 0.1) is 6.61 Å². The van der Waals surface area contributed by atoms with Crippen LogP contribution in [0.2, 0.25) is 0 Å². The van der Waals surface area contributed by atoms with E-state index in [4.69, 9.17) is 4.74 Å². The summed E-state index contributed by atoms with van der Waals surface area (Å²) in [5.41, 5.74) is 1.79. The van der Waals surface area contributed by atoms with Crippen LogP contribution in [0.5, 0.6) is 5.75 Å². The quantitative estimate of drug-likeness (QED) is 0.586. The first-order valence-electron chi connectivity index (χ1n) is 9.26. The summed E-state index contributed by atoms with van der Waals surface area (Å²) in [5, 5.41) is 5.47. The first-order valence-corrected chi connectivity index (χ1v) is 9.26. The molecule has 0 saturated carbocycles. The van der Waals surface area contributed by atoms with Crippen molar-refractivity contribution in [2.45, 2.75) is 13.3 Å². The van der Waals surface area contributed by atoms with Gasteiger partial charge in [-0.05, 0) is 67.1 Å². The molecular formula is C23H21FN2O3. The molecule has 148 valence electrons. The molecule has 0 unspecified atom stereocenters. The molecule has 0 fully saturated rings. The number of halogens is 1. The summed E-state index contributed by atoms with van der Waals surface area (Å²) in [4.78, 5) is 25.0. The zero-order valence-corrected chi connectivity index (χ0v) is 15.9. The minimum absolute atomic E-state index is 0.303. The highest BCUT2D eigenvalue weighted by atomic mass is 19.1. The Morgan fingerprint density at radius 1 is 0.828 bits per heavy atom. The first kappa shape index (κ1) is 20.1. The standard InChI is InChI=1S/C23H21FN2O3/c1-2-13-29-21-8-4-6-17(15-21)23(28)26-20-7-3-5-16(14-20)22(27)25-19-11-9-18(24)10-12-19/h3-12,14-15H,2,13H2,1H3,(H,25,27)(H,26,28). The predicted molar refractivity (Wildman–Crippen MR) is 111 cm³/mol. The second-order valence-electron chi connectivity index (χ2n) is 6.37. The summed E-state index contributed by atoms with van der Waals surface area (Å²) in [6.07, 6.45) is 0.878. The highest BCUT2D eigenvalue weighted by molar-refractivity contribution is 6.07. The summed E-state index contributed by atoms with van der Waals surface area (Å²) in [6, 6.07) is 19.0. The summed E-state index contributed by atoms with van der Waals surface area (Å²) in [6.45, 7) is 2.59. The number of amides is 2. The SMILES string of the molecule is CCCOc1cccc(C(=O)Nc2cccc(C(=O)Nc3ccc(F)cc3)c2)c1. The Hall–Kier alpha value is -3.67. The van der Waals surface area contributed by atoms with Gasteiger partial charge in [-0.2, -0.15) is 0 Å². The third-order valence-corrected chi connectivity index (χ3v) is 4.05. The molecule has 2 N–H and O–H groups in total. The monoisotopic (exact) mass is 392 g/mol. The molecule has 3 aromatic carbocycles. The Kier molecular flexibility index (Phi) is 6.58. The van der Waals surface area contributed by atoms with E-state index >= 15 is 0 Å². The molecule has 3 aromatic rings. The molecule has 0 bridgehead atoms. The molecule has 3 rings (SSSR count). The van der Waals surface area contributed by atoms with Crippen LogP contribution in [0, 0.1) is 5.82 Å². The fraction of sp³-hybridized carbons (Fsp3) is 0.130. The van der Waals surface area contributed by atoms with Gasteiger partial charge < -0.3 is 15.4 Å². The Morgan fingerprint density at radius 2 is 1.45 bits per heavy atom. The van der Waals surface area contributed by atoms with E-state index in [-0.39, 0.29) is 17.6 Å². The highest BCUT2D eigenvalue weighted by Gasteiger charge is 2.11. The lowest BCUT2D eigenvalue weighted by Crippen LogP contribution is -2.14. The first-order chi connectivity index (χ1) is 14.0. The van der Waals surface area contributed by atoms with Gasteiger partial charge in [0.1, 0.15) is 11.6 Å². The molecular weight excluding hydrogens is 371 g/mol. The van der Waals surface area contributed by atoms with Crippen molar-refractivity contribution in [3.05, 3.63) is 89.7 Å². The van der Waals surface area contributed by atoms with E-state index in [1.165, 1.54) is 24.3 Å². The number of carbonyl (C=O) groups is 2. The molecule has 29 heavy (non-hydrogen) atoms. The number of hydrogen-bond donors (Lipinski definition) is 2. The van der Waals surface area contributed by atoms with E-state index in [1.54, 1.807) is 48.5 Å². The molecule has 0 aromatic heterocycles. The molecule has 0 radical (unpaired) electrons. The minimum atomic E-state index is -0.378. The number of rotatable bonds is 7. The van der Waals surface area contributed by atoms with Gasteiger partial charge in [0.2, 0.25) is 0 Å². The maximum absolute atomic E-state index is 13.0. The van der Waals surface area contributed by atoms with Gasteiger partial charge in [0.15, 0.2) is 0 Å². The molecule has 0 aliphatic rings. The average molecular weight is 392 g/mol. The largest absolute Gasteiger partial charge is 0.494 e. The van der Waals surface area contributed by atoms with Gasteiger partial charge in [0.25, 0.3) is 11.8 Å². The van der Waals surface area contributed by atoms with Crippen LogP contribution in [0.25, 0.3) is 0 Å². The lowest BCUT2D eigenvalue weighted by Gasteiger charge is -2.10. The van der Waals surface area contributed by atoms with Crippen molar-refractivity contribution in [3.63, 3.8) is 0 Å². The van der Waals surface area contributed by atoms with Crippen molar-refractivity contribution in [2.24, 2.45) is 0 Å². The molecule has 0 aliphatic heterocycles. The van der Waals surface area contributed by atoms with Crippen LogP contribution in [-0.2, 0) is 0 Å². The minimum Gasteiger partial charge on any atom is -0.494 e. The van der Waals surface area contributed by atoms with Crippen molar-refractivity contribution < 1.29 is 18.7 Å². The van der Waals surface area contributed by atoms with Crippen LogP contribution in [0.15, 0.2) is 72.8 Å². The van der Waals surface area contributed by atoms with Gasteiger partial charge in [-0.15, -0.1) is 0 Å². The van der Waals surface area contributed by atoms with Gasteiger partial charge >= 0.3 is 0 Å². The van der Waals surface area contributed by atoms with E-state index in [0.29, 0.717) is 34.9 Å². The smallest absolute Gasteiger partial charge is 0.255 e. The zero-order valence-electron chi connectivity index (χ0n) is 15.9. The van der Waals surface area contributed by atoms with E-state index < -0.39 is 0 Å². The Morgan fingerprint density at radius 3 is 2.14 bits per heavy atom. The molecule has 0 atom stereocenters. The summed E-state index contributed by atoms with van der Waals surface area (Å²) >= 11 is 0. The molecule has 0 aliphatic carbocycles. The van der Waals surface area contributed by atoms with Gasteiger partial charge in [-0.3, -0.25) is 9.59 Å². The maximum atomic E-state index is 13.0. The van der Waals surface area contributed by atoms with Gasteiger partial charge in [0, 0.05) is 22.5 Å². The van der Waals surface area contributed by atoms with Crippen molar-refractivity contribution >= 4 is 23.2 Å². The molecule has 6 heteroatoms. The number of benzene rings is 3. The third-order valence-electron chi connectivity index (χ3n) is 4.05. The molecule has 0 saturated heterocycles. The van der Waals surface area contributed by atoms with E-state index in [9.17, 15) is 14.0 Å². The second kappa shape index (κ2) is 9.50. The fourth-order valence-corrected chi connectivity index (χ4v) is 2.62. The normalized spacial score (nSPS) is 10.3. The van der Waals surface area contributed by atoms with Gasteiger partial charge in [-0.25, -0.2) is 4.39 Å². The van der Waals surface area contributed by atoms with Crippen LogP contribution < -0.4 is 15.4 Å². The van der Waals surface area contributed by atoms with Crippen molar-refractivity contribution in [1.29, 1.82) is 0 Å². The topological polar surface area (TPSA) is 67.4 Å². The fourth-order valence-electron chi connectivity index (χ4n) is 2.62. The van der Waals surface area contributed by atoms with E-state index in [1.807, 2.05) is 6.92 Å². The summed E-state index contributed by atoms with van der Waals surface area (Å²) in [7, 11) is 0. The number of carbonyl (C=O) groups excluding carboxylic acids is 2. The maximum Gasteiger partial charge on any atom is 0.255 e. The van der Waals surface area contributed by atoms with Crippen molar-refractivity contribution in [1.82, 2.24) is 0 Å². The number of nitrogens with one attached hydrogen (secondary N) is 2. The zero-order chi connectivity index (χ0) is 20.6. The molecule has 0 heterocycles. The number of hydrogen-bond acceptors (Lipinski definition) is 3. The highest BCUT2D eigenvalue weighted by Crippen LogP contribution is 2.17. The van der Waals surface area contributed by atoms with E-state index in [0.717, 1.165) is 6.42 Å². The molecule has 2 amide bonds. The lowest BCUT2D eigenvalue weighted by molar-refractivity contribution is 0.101. The Bertz CT molecular complexity index is 1000. The summed E-state index contributed by atoms with van der Waals surface area (Å²) in [5.74, 6) is -0.408. The average Bonchev–Trinajstić information content (AvgIpc) is 2.74. The lowest BCUT2D eigenvalue weighted by atomic mass is 10.1. The summed E-state index contributed by atoms with van der Waals surface area (Å²) < 4.78 is 18.5. The van der Waals surface area contributed by atoms with Crippen LogP contribution in [-0.4, -0.2) is 18.4 Å². The van der Waals surface area contributed by atoms with Crippen LogP contribution in [0.1, 0.15) is 34.1 Å². The van der Waals surface area contributed by atoms with Crippen LogP contribution in [0.3, 0.4) is 0 Å². The number of ether oxygens (including phenoxy) is 1. The Balaban J connectivity index is 1.68. The molecule has 5 nitrogen and oxygen atoms in total. The number of anilines is 2. The van der Waals surface area contributed by atoms with Crippen LogP contribution in [0.4, 0.5) is 15.8 Å². The van der Waals surface area contributed by atoms with Gasteiger partial charge in [-0.1, -0.05) is 19.1 Å². The Labute approximate surface area is 168 Å². The van der Waals surface area contributed by atoms with Crippen LogP contribution >= 0.6 is 0 Å². The second-order valence-corrected chi connectivity index (χ2v) is 6.37. The molecule has 0 spiro atoms. The van der Waals surface area contributed by atoms with E-state index in [2.05, 4.69) is 10.6 Å². The third kappa shape index (κ3) is 5.65. The van der Waals surface area contributed by atoms with Crippen molar-refractivity contribution in [3.8, 4) is 5.75 Å². The van der Waals surface area contributed by atoms with Crippen molar-refractivity contribution in [2.75, 3.05) is 17.2 Å².